The zero-order valence-electron chi connectivity index (χ0n) is 7.86. The van der Waals surface area contributed by atoms with Gasteiger partial charge in [0.25, 0.3) is 0 Å². The van der Waals surface area contributed by atoms with E-state index in [9.17, 15) is 0 Å². The van der Waals surface area contributed by atoms with E-state index >= 15 is 0 Å². The van der Waals surface area contributed by atoms with Crippen molar-refractivity contribution in [1.29, 1.82) is 0 Å². The van der Waals surface area contributed by atoms with E-state index in [-0.39, 0.29) is 0 Å². The highest BCUT2D eigenvalue weighted by Gasteiger charge is 2.51. The molecule has 3 rings (SSSR count). The van der Waals surface area contributed by atoms with Crippen molar-refractivity contribution in [2.75, 3.05) is 0 Å². The van der Waals surface area contributed by atoms with Crippen molar-refractivity contribution in [3.8, 4) is 0 Å². The molecule has 0 aromatic heterocycles. The van der Waals surface area contributed by atoms with E-state index in [0.29, 0.717) is 6.10 Å². The Hall–Kier alpha value is -0.720. The minimum Gasteiger partial charge on any atom is -0.494 e. The first kappa shape index (κ1) is 7.66. The van der Waals surface area contributed by atoms with E-state index in [0.717, 1.165) is 23.7 Å². The van der Waals surface area contributed by atoms with Gasteiger partial charge in [-0.3, -0.25) is 0 Å². The van der Waals surface area contributed by atoms with Gasteiger partial charge in [-0.25, -0.2) is 0 Å². The van der Waals surface area contributed by atoms with Crippen LogP contribution in [0.2, 0.25) is 0 Å². The van der Waals surface area contributed by atoms with Crippen molar-refractivity contribution in [3.05, 3.63) is 25.0 Å². The zero-order valence-corrected chi connectivity index (χ0v) is 7.86. The molecule has 1 nitrogen and oxygen atoms in total. The van der Waals surface area contributed by atoms with Crippen LogP contribution in [0.3, 0.4) is 0 Å². The van der Waals surface area contributed by atoms with Crippen molar-refractivity contribution < 1.29 is 4.74 Å². The van der Waals surface area contributed by atoms with Gasteiger partial charge in [-0.2, -0.15) is 0 Å². The molecular weight excluding hydrogens is 160 g/mol. The molecule has 70 valence electrons. The van der Waals surface area contributed by atoms with E-state index in [1.165, 1.54) is 19.3 Å². The van der Waals surface area contributed by atoms with Crippen LogP contribution in [0.1, 0.15) is 19.3 Å². The molecule has 0 saturated heterocycles. The average Bonchev–Trinajstić information content (AvgIpc) is 2.74. The molecule has 0 aromatic rings. The summed E-state index contributed by atoms with van der Waals surface area (Å²) in [5, 5.41) is 0. The topological polar surface area (TPSA) is 9.23 Å². The quantitative estimate of drug-likeness (QED) is 0.464. The molecule has 0 radical (unpaired) electrons. The van der Waals surface area contributed by atoms with Crippen molar-refractivity contribution in [2.45, 2.75) is 25.4 Å². The largest absolute Gasteiger partial charge is 0.494 e. The fourth-order valence-electron chi connectivity index (χ4n) is 3.77. The third-order valence-corrected chi connectivity index (χ3v) is 4.20. The van der Waals surface area contributed by atoms with Gasteiger partial charge in [-0.05, 0) is 43.1 Å². The second-order valence-corrected chi connectivity index (χ2v) is 4.64. The SMILES string of the molecule is C=CO[C@H]1C=C[C@@H]2[C@@H]3CC[C@@H](C3)[C@@H]21. The Labute approximate surface area is 79.5 Å². The first-order chi connectivity index (χ1) is 6.40. The van der Waals surface area contributed by atoms with E-state index in [1.807, 2.05) is 0 Å². The highest BCUT2D eigenvalue weighted by Crippen LogP contribution is 2.56. The first-order valence-corrected chi connectivity index (χ1v) is 5.35. The van der Waals surface area contributed by atoms with Gasteiger partial charge in [-0.1, -0.05) is 12.7 Å². The lowest BCUT2D eigenvalue weighted by Gasteiger charge is -2.28. The van der Waals surface area contributed by atoms with Gasteiger partial charge in [-0.15, -0.1) is 0 Å². The minimum atomic E-state index is 0.345. The highest BCUT2D eigenvalue weighted by atomic mass is 16.5. The maximum atomic E-state index is 5.55. The summed E-state index contributed by atoms with van der Waals surface area (Å²) in [6, 6.07) is 0. The normalized spacial score (nSPS) is 50.9. The van der Waals surface area contributed by atoms with E-state index in [1.54, 1.807) is 6.26 Å². The molecular formula is C12H16O. The Morgan fingerprint density at radius 3 is 2.92 bits per heavy atom. The second-order valence-electron chi connectivity index (χ2n) is 4.64. The van der Waals surface area contributed by atoms with Crippen LogP contribution in [-0.2, 0) is 4.74 Å². The molecule has 2 fully saturated rings. The second kappa shape index (κ2) is 2.63. The Morgan fingerprint density at radius 1 is 1.23 bits per heavy atom. The van der Waals surface area contributed by atoms with Crippen molar-refractivity contribution in [2.24, 2.45) is 23.7 Å². The van der Waals surface area contributed by atoms with Crippen LogP contribution in [-0.4, -0.2) is 6.10 Å². The lowest BCUT2D eigenvalue weighted by atomic mass is 9.80. The third kappa shape index (κ3) is 0.932. The number of hydrogen-bond acceptors (Lipinski definition) is 1. The third-order valence-electron chi connectivity index (χ3n) is 4.20. The smallest absolute Gasteiger partial charge is 0.120 e. The minimum absolute atomic E-state index is 0.345. The maximum Gasteiger partial charge on any atom is 0.120 e. The van der Waals surface area contributed by atoms with Crippen LogP contribution in [0.15, 0.2) is 25.0 Å². The molecule has 0 aliphatic heterocycles. The molecule has 3 aliphatic rings. The fourth-order valence-corrected chi connectivity index (χ4v) is 3.77. The Bertz CT molecular complexity index is 256. The predicted molar refractivity (Wildman–Crippen MR) is 52.0 cm³/mol. The van der Waals surface area contributed by atoms with E-state index in [2.05, 4.69) is 18.7 Å². The molecule has 13 heavy (non-hydrogen) atoms. The molecule has 0 amide bonds. The molecule has 0 N–H and O–H groups in total. The van der Waals surface area contributed by atoms with Crippen LogP contribution in [0.25, 0.3) is 0 Å². The van der Waals surface area contributed by atoms with Gasteiger partial charge in [0.1, 0.15) is 6.10 Å². The van der Waals surface area contributed by atoms with Gasteiger partial charge in [0.15, 0.2) is 0 Å². The lowest BCUT2D eigenvalue weighted by molar-refractivity contribution is 0.0882. The van der Waals surface area contributed by atoms with Crippen molar-refractivity contribution in [3.63, 3.8) is 0 Å². The molecule has 0 heterocycles. The number of allylic oxidation sites excluding steroid dienone is 1. The summed E-state index contributed by atoms with van der Waals surface area (Å²) >= 11 is 0. The van der Waals surface area contributed by atoms with Crippen LogP contribution in [0.4, 0.5) is 0 Å². The summed E-state index contributed by atoms with van der Waals surface area (Å²) in [6.45, 7) is 3.64. The monoisotopic (exact) mass is 176 g/mol. The summed E-state index contributed by atoms with van der Waals surface area (Å²) < 4.78 is 5.55. The summed E-state index contributed by atoms with van der Waals surface area (Å²) in [7, 11) is 0. The Kier molecular flexibility index (Phi) is 1.55. The van der Waals surface area contributed by atoms with E-state index < -0.39 is 0 Å². The first-order valence-electron chi connectivity index (χ1n) is 5.35. The number of fused-ring (bicyclic) bond motifs is 5. The number of ether oxygens (including phenoxy) is 1. The molecule has 0 aromatic carbocycles. The molecule has 5 atom stereocenters. The predicted octanol–water partition coefficient (Wildman–Crippen LogP) is 2.75. The summed E-state index contributed by atoms with van der Waals surface area (Å²) in [6.07, 6.45) is 10.9. The maximum absolute atomic E-state index is 5.55. The molecule has 2 bridgehead atoms. The number of hydrogen-bond donors (Lipinski definition) is 0. The fraction of sp³-hybridized carbons (Fsp3) is 0.667. The summed E-state index contributed by atoms with van der Waals surface area (Å²) in [4.78, 5) is 0. The average molecular weight is 176 g/mol. The van der Waals surface area contributed by atoms with Crippen molar-refractivity contribution in [1.82, 2.24) is 0 Å². The van der Waals surface area contributed by atoms with Gasteiger partial charge < -0.3 is 4.74 Å². The van der Waals surface area contributed by atoms with Crippen LogP contribution in [0.5, 0.6) is 0 Å². The lowest BCUT2D eigenvalue weighted by Crippen LogP contribution is -2.27. The number of rotatable bonds is 2. The van der Waals surface area contributed by atoms with Gasteiger partial charge in [0.2, 0.25) is 0 Å². The van der Waals surface area contributed by atoms with Crippen LogP contribution < -0.4 is 0 Å². The van der Waals surface area contributed by atoms with Gasteiger partial charge in [0.05, 0.1) is 6.26 Å². The molecule has 3 aliphatic carbocycles. The van der Waals surface area contributed by atoms with Crippen molar-refractivity contribution >= 4 is 0 Å². The van der Waals surface area contributed by atoms with Gasteiger partial charge in [0, 0.05) is 5.92 Å². The summed E-state index contributed by atoms with van der Waals surface area (Å²) in [5.41, 5.74) is 0. The molecule has 0 spiro atoms. The van der Waals surface area contributed by atoms with Crippen LogP contribution in [0, 0.1) is 23.7 Å². The van der Waals surface area contributed by atoms with E-state index in [4.69, 9.17) is 4.74 Å². The molecule has 0 unspecified atom stereocenters. The molecule has 2 saturated carbocycles. The highest BCUT2D eigenvalue weighted by molar-refractivity contribution is 5.17. The standard InChI is InChI=1S/C12H16O/c1-2-13-11-6-5-10-8-3-4-9(7-8)12(10)11/h2,5-6,8-12H,1,3-4,7H2/t8-,9+,10-,11+,12+/m1/s1. The molecule has 1 heteroatoms. The Balaban J connectivity index is 1.83. The van der Waals surface area contributed by atoms with Crippen LogP contribution >= 0.6 is 0 Å². The van der Waals surface area contributed by atoms with Gasteiger partial charge >= 0.3 is 0 Å². The Morgan fingerprint density at radius 2 is 2.08 bits per heavy atom. The summed E-state index contributed by atoms with van der Waals surface area (Å²) in [5.74, 6) is 3.54. The zero-order chi connectivity index (χ0) is 8.84.